The number of nitrogens with two attached hydrogens (primary N) is 1. The van der Waals surface area contributed by atoms with Gasteiger partial charge in [-0.1, -0.05) is 0 Å². The maximum Gasteiger partial charge on any atom is 0.0159 e. The van der Waals surface area contributed by atoms with Gasteiger partial charge in [0, 0.05) is 18.1 Å². The first kappa shape index (κ1) is 9.47. The molecule has 2 fully saturated rings. The summed E-state index contributed by atoms with van der Waals surface area (Å²) in [5.74, 6) is 0.862. The van der Waals surface area contributed by atoms with Gasteiger partial charge in [0.15, 0.2) is 0 Å². The van der Waals surface area contributed by atoms with Crippen LogP contribution in [0.15, 0.2) is 0 Å². The molecule has 0 aromatic heterocycles. The molecule has 1 saturated heterocycles. The predicted molar refractivity (Wildman–Crippen MR) is 55.6 cm³/mol. The zero-order chi connectivity index (χ0) is 9.47. The molecule has 2 heteroatoms. The van der Waals surface area contributed by atoms with Crippen molar-refractivity contribution < 1.29 is 0 Å². The zero-order valence-corrected chi connectivity index (χ0v) is 8.92. The molecule has 1 heterocycles. The molecule has 0 spiro atoms. The fourth-order valence-electron chi connectivity index (χ4n) is 2.87. The lowest BCUT2D eigenvalue weighted by Crippen LogP contribution is -2.39. The van der Waals surface area contributed by atoms with Crippen LogP contribution in [-0.2, 0) is 0 Å². The van der Waals surface area contributed by atoms with Crippen molar-refractivity contribution in [2.24, 2.45) is 11.7 Å². The minimum absolute atomic E-state index is 0.445. The number of hydrogen-bond donors (Lipinski definition) is 1. The Hall–Kier alpha value is -0.0800. The monoisotopic (exact) mass is 182 g/mol. The molecule has 13 heavy (non-hydrogen) atoms. The lowest BCUT2D eigenvalue weighted by Gasteiger charge is -2.31. The van der Waals surface area contributed by atoms with E-state index in [9.17, 15) is 0 Å². The quantitative estimate of drug-likeness (QED) is 0.718. The van der Waals surface area contributed by atoms with Gasteiger partial charge in [-0.15, -0.1) is 0 Å². The van der Waals surface area contributed by atoms with Crippen LogP contribution in [0.5, 0.6) is 0 Å². The lowest BCUT2D eigenvalue weighted by molar-refractivity contribution is 0.165. The molecular formula is C11H22N2. The Labute approximate surface area is 81.5 Å². The standard InChI is InChI=1S/C11H22N2/c1-11(2)7-9(5-6-12)8-13(11)10-3-4-10/h9-10H,3-8,12H2,1-2H3. The summed E-state index contributed by atoms with van der Waals surface area (Å²) in [7, 11) is 0. The highest BCUT2D eigenvalue weighted by atomic mass is 15.3. The van der Waals surface area contributed by atoms with E-state index >= 15 is 0 Å². The van der Waals surface area contributed by atoms with E-state index in [0.29, 0.717) is 5.54 Å². The third kappa shape index (κ3) is 1.89. The van der Waals surface area contributed by atoms with E-state index in [0.717, 1.165) is 18.5 Å². The third-order valence-corrected chi connectivity index (χ3v) is 3.58. The summed E-state index contributed by atoms with van der Waals surface area (Å²) in [6.45, 7) is 6.94. The number of likely N-dealkylation sites (tertiary alicyclic amines) is 1. The van der Waals surface area contributed by atoms with Crippen molar-refractivity contribution in [2.45, 2.75) is 51.1 Å². The van der Waals surface area contributed by atoms with Crippen LogP contribution in [0.4, 0.5) is 0 Å². The molecule has 0 amide bonds. The average Bonchev–Trinajstić information content (AvgIpc) is 2.78. The van der Waals surface area contributed by atoms with E-state index in [1.165, 1.54) is 32.2 Å². The fraction of sp³-hybridized carbons (Fsp3) is 1.00. The highest BCUT2D eigenvalue weighted by molar-refractivity contribution is 5.00. The minimum Gasteiger partial charge on any atom is -0.330 e. The highest BCUT2D eigenvalue weighted by Crippen LogP contribution is 2.41. The Morgan fingerprint density at radius 3 is 2.62 bits per heavy atom. The summed E-state index contributed by atoms with van der Waals surface area (Å²) in [6.07, 6.45) is 5.42. The van der Waals surface area contributed by atoms with Crippen LogP contribution in [0.2, 0.25) is 0 Å². The molecule has 2 nitrogen and oxygen atoms in total. The summed E-state index contributed by atoms with van der Waals surface area (Å²) >= 11 is 0. The molecule has 0 radical (unpaired) electrons. The van der Waals surface area contributed by atoms with Crippen molar-refractivity contribution in [1.82, 2.24) is 4.90 Å². The topological polar surface area (TPSA) is 29.3 Å². The van der Waals surface area contributed by atoms with Gasteiger partial charge in [-0.2, -0.15) is 0 Å². The van der Waals surface area contributed by atoms with E-state index < -0.39 is 0 Å². The van der Waals surface area contributed by atoms with Crippen molar-refractivity contribution in [3.05, 3.63) is 0 Å². The summed E-state index contributed by atoms with van der Waals surface area (Å²) in [4.78, 5) is 2.72. The summed E-state index contributed by atoms with van der Waals surface area (Å²) < 4.78 is 0. The predicted octanol–water partition coefficient (Wildman–Crippen LogP) is 1.60. The van der Waals surface area contributed by atoms with E-state index in [-0.39, 0.29) is 0 Å². The van der Waals surface area contributed by atoms with E-state index in [4.69, 9.17) is 5.73 Å². The van der Waals surface area contributed by atoms with Gasteiger partial charge in [0.1, 0.15) is 0 Å². The Kier molecular flexibility index (Phi) is 2.37. The van der Waals surface area contributed by atoms with Crippen LogP contribution in [0, 0.1) is 5.92 Å². The molecule has 1 aliphatic carbocycles. The summed E-state index contributed by atoms with van der Waals surface area (Å²) in [6, 6.07) is 0.915. The SMILES string of the molecule is CC1(C)CC(CCN)CN1C1CC1. The minimum atomic E-state index is 0.445. The second-order valence-electron chi connectivity index (χ2n) is 5.34. The van der Waals surface area contributed by atoms with Crippen molar-refractivity contribution in [2.75, 3.05) is 13.1 Å². The molecule has 1 unspecified atom stereocenters. The molecule has 76 valence electrons. The number of hydrogen-bond acceptors (Lipinski definition) is 2. The molecule has 1 aliphatic heterocycles. The Balaban J connectivity index is 1.95. The largest absolute Gasteiger partial charge is 0.330 e. The van der Waals surface area contributed by atoms with Gasteiger partial charge in [-0.25, -0.2) is 0 Å². The number of rotatable bonds is 3. The molecule has 1 saturated carbocycles. The Morgan fingerprint density at radius 1 is 1.38 bits per heavy atom. The van der Waals surface area contributed by atoms with Crippen LogP contribution in [0.25, 0.3) is 0 Å². The first-order valence-corrected chi connectivity index (χ1v) is 5.60. The van der Waals surface area contributed by atoms with Crippen LogP contribution in [0.3, 0.4) is 0 Å². The van der Waals surface area contributed by atoms with Gasteiger partial charge in [0.05, 0.1) is 0 Å². The first-order chi connectivity index (χ1) is 6.13. The maximum atomic E-state index is 5.62. The van der Waals surface area contributed by atoms with E-state index in [2.05, 4.69) is 18.7 Å². The zero-order valence-electron chi connectivity index (χ0n) is 8.92. The van der Waals surface area contributed by atoms with Gasteiger partial charge in [-0.3, -0.25) is 4.90 Å². The van der Waals surface area contributed by atoms with Crippen LogP contribution >= 0.6 is 0 Å². The van der Waals surface area contributed by atoms with Gasteiger partial charge >= 0.3 is 0 Å². The van der Waals surface area contributed by atoms with E-state index in [1.54, 1.807) is 0 Å². The van der Waals surface area contributed by atoms with Crippen molar-refractivity contribution in [3.63, 3.8) is 0 Å². The maximum absolute atomic E-state index is 5.62. The molecule has 0 aromatic carbocycles. The molecule has 2 aliphatic rings. The van der Waals surface area contributed by atoms with Crippen LogP contribution in [-0.4, -0.2) is 29.6 Å². The second-order valence-corrected chi connectivity index (χ2v) is 5.34. The van der Waals surface area contributed by atoms with Gasteiger partial charge in [-0.05, 0) is 52.0 Å². The van der Waals surface area contributed by atoms with Gasteiger partial charge in [0.25, 0.3) is 0 Å². The molecular weight excluding hydrogens is 160 g/mol. The van der Waals surface area contributed by atoms with E-state index in [1.807, 2.05) is 0 Å². The lowest BCUT2D eigenvalue weighted by atomic mass is 9.94. The smallest absolute Gasteiger partial charge is 0.0159 e. The normalized spacial score (nSPS) is 33.9. The highest BCUT2D eigenvalue weighted by Gasteiger charge is 2.44. The first-order valence-electron chi connectivity index (χ1n) is 5.60. The Morgan fingerprint density at radius 2 is 2.08 bits per heavy atom. The second kappa shape index (κ2) is 3.25. The average molecular weight is 182 g/mol. The van der Waals surface area contributed by atoms with Crippen LogP contribution in [0.1, 0.15) is 39.5 Å². The molecule has 2 rings (SSSR count). The third-order valence-electron chi connectivity index (χ3n) is 3.58. The van der Waals surface area contributed by atoms with Crippen molar-refractivity contribution in [3.8, 4) is 0 Å². The van der Waals surface area contributed by atoms with Crippen molar-refractivity contribution in [1.29, 1.82) is 0 Å². The molecule has 0 bridgehead atoms. The molecule has 0 aromatic rings. The number of nitrogens with zero attached hydrogens (tertiary/aromatic N) is 1. The summed E-state index contributed by atoms with van der Waals surface area (Å²) in [5, 5.41) is 0. The van der Waals surface area contributed by atoms with Crippen molar-refractivity contribution >= 4 is 0 Å². The van der Waals surface area contributed by atoms with Gasteiger partial charge in [0.2, 0.25) is 0 Å². The molecule has 2 N–H and O–H groups in total. The summed E-state index contributed by atoms with van der Waals surface area (Å²) in [5.41, 5.74) is 6.06. The van der Waals surface area contributed by atoms with Gasteiger partial charge < -0.3 is 5.73 Å². The Bertz CT molecular complexity index is 185. The molecule has 1 atom stereocenters. The fourth-order valence-corrected chi connectivity index (χ4v) is 2.87. The van der Waals surface area contributed by atoms with Crippen LogP contribution < -0.4 is 5.73 Å².